The Morgan fingerprint density at radius 1 is 1.13 bits per heavy atom. The molecule has 1 fully saturated rings. The normalized spacial score (nSPS) is 15.8. The van der Waals surface area contributed by atoms with Crippen LogP contribution < -0.4 is 10.6 Å². The lowest BCUT2D eigenvalue weighted by molar-refractivity contribution is -0.137. The molecule has 1 aromatic carbocycles. The monoisotopic (exact) mass is 565 g/mol. The molecule has 1 saturated heterocycles. The molecule has 1 aliphatic rings. The molecule has 38 heavy (non-hydrogen) atoms. The Morgan fingerprint density at radius 3 is 2.50 bits per heavy atom. The number of hydrogen-bond acceptors (Lipinski definition) is 8. The van der Waals surface area contributed by atoms with Gasteiger partial charge in [0.05, 0.1) is 41.9 Å². The first-order valence-electron chi connectivity index (χ1n) is 11.4. The predicted octanol–water partition coefficient (Wildman–Crippen LogP) is 3.96. The van der Waals surface area contributed by atoms with E-state index in [0.717, 1.165) is 17.0 Å². The second-order valence-corrected chi connectivity index (χ2v) is 12.0. The van der Waals surface area contributed by atoms with Crippen molar-refractivity contribution in [2.75, 3.05) is 24.7 Å². The van der Waals surface area contributed by atoms with Crippen molar-refractivity contribution in [1.82, 2.24) is 29.1 Å². The van der Waals surface area contributed by atoms with Crippen LogP contribution in [-0.4, -0.2) is 57.5 Å². The number of nitrogens with one attached hydrogen (secondary N) is 2. The average Bonchev–Trinajstić information content (AvgIpc) is 3.44. The number of nitrogens with zero attached hydrogens (tertiary/aromatic N) is 5. The summed E-state index contributed by atoms with van der Waals surface area (Å²) in [6.45, 7) is 2.45. The molecule has 3 aromatic heterocycles. The number of amides is 1. The molecule has 10 nitrogen and oxygen atoms in total. The molecule has 200 valence electrons. The van der Waals surface area contributed by atoms with E-state index in [0.29, 0.717) is 34.9 Å². The van der Waals surface area contributed by atoms with Crippen LogP contribution in [0, 0.1) is 0 Å². The largest absolute Gasteiger partial charge is 0.416 e. The zero-order valence-corrected chi connectivity index (χ0v) is 21.7. The van der Waals surface area contributed by atoms with E-state index < -0.39 is 33.7 Å². The zero-order valence-electron chi connectivity index (χ0n) is 20.1. The average molecular weight is 566 g/mol. The van der Waals surface area contributed by atoms with Crippen molar-refractivity contribution < 1.29 is 26.4 Å². The highest BCUT2D eigenvalue weighted by Crippen LogP contribution is 2.32. The number of benzene rings is 1. The fourth-order valence-electron chi connectivity index (χ4n) is 3.96. The van der Waals surface area contributed by atoms with Crippen molar-refractivity contribution in [2.45, 2.75) is 25.2 Å². The molecule has 0 radical (unpaired) electrons. The molecule has 1 amide bonds. The van der Waals surface area contributed by atoms with Crippen molar-refractivity contribution in [3.63, 3.8) is 0 Å². The molecule has 0 aliphatic carbocycles. The summed E-state index contributed by atoms with van der Waals surface area (Å²) in [5.74, 6) is -0.413. The molecule has 2 N–H and O–H groups in total. The molecule has 1 aliphatic heterocycles. The smallest absolute Gasteiger partial charge is 0.343 e. The molecule has 5 rings (SSSR count). The molecule has 15 heteroatoms. The number of carbonyl (C=O) groups is 1. The Kier molecular flexibility index (Phi) is 6.61. The Bertz CT molecular complexity index is 1590. The van der Waals surface area contributed by atoms with Crippen molar-refractivity contribution in [2.24, 2.45) is 0 Å². The number of anilines is 2. The standard InChI is InChI=1S/C23H22F3N7O3S2/c1-13(20-9-28-22(37-20)31-15-5-3-14(4-6-15)23(24,25)26)30-21(34)17-7-19-18(8-27-17)29-12-33(19)16-10-32(11-16)38(2,35)36/h3-9,12-13,16H,10-11H2,1-2H3,(H,28,31)(H,30,34). The van der Waals surface area contributed by atoms with E-state index in [1.165, 1.54) is 40.2 Å². The van der Waals surface area contributed by atoms with Crippen LogP contribution >= 0.6 is 11.3 Å². The van der Waals surface area contributed by atoms with Gasteiger partial charge < -0.3 is 15.2 Å². The second-order valence-electron chi connectivity index (χ2n) is 8.91. The summed E-state index contributed by atoms with van der Waals surface area (Å²) >= 11 is 1.26. The summed E-state index contributed by atoms with van der Waals surface area (Å²) in [6.07, 6.45) is 1.45. The number of aromatic nitrogens is 4. The Hall–Kier alpha value is -3.56. The van der Waals surface area contributed by atoms with Gasteiger partial charge in [-0.25, -0.2) is 23.4 Å². The Labute approximate surface area is 219 Å². The van der Waals surface area contributed by atoms with Gasteiger partial charge in [-0.1, -0.05) is 11.3 Å². The van der Waals surface area contributed by atoms with Crippen LogP contribution in [-0.2, 0) is 16.2 Å². The van der Waals surface area contributed by atoms with Crippen LogP contribution in [0.5, 0.6) is 0 Å². The van der Waals surface area contributed by atoms with Crippen LogP contribution in [0.25, 0.3) is 11.0 Å². The van der Waals surface area contributed by atoms with E-state index in [4.69, 9.17) is 0 Å². The Morgan fingerprint density at radius 2 is 1.84 bits per heavy atom. The van der Waals surface area contributed by atoms with Crippen molar-refractivity contribution >= 4 is 49.1 Å². The first-order chi connectivity index (χ1) is 17.9. The van der Waals surface area contributed by atoms with Crippen LogP contribution in [0.1, 0.15) is 39.9 Å². The zero-order chi connectivity index (χ0) is 27.2. The molecular formula is C23H22F3N7O3S2. The van der Waals surface area contributed by atoms with Gasteiger partial charge in [0.25, 0.3) is 5.91 Å². The number of thiazole rings is 1. The van der Waals surface area contributed by atoms with Crippen LogP contribution in [0.3, 0.4) is 0 Å². The van der Waals surface area contributed by atoms with E-state index in [2.05, 4.69) is 25.6 Å². The number of alkyl halides is 3. The van der Waals surface area contributed by atoms with Crippen LogP contribution in [0.4, 0.5) is 24.0 Å². The summed E-state index contributed by atoms with van der Waals surface area (Å²) < 4.78 is 64.9. The third kappa shape index (κ3) is 5.35. The van der Waals surface area contributed by atoms with Gasteiger partial charge in [0, 0.05) is 29.9 Å². The molecule has 0 saturated carbocycles. The van der Waals surface area contributed by atoms with Crippen molar-refractivity contribution in [1.29, 1.82) is 0 Å². The van der Waals surface area contributed by atoms with Crippen molar-refractivity contribution in [3.05, 3.63) is 65.2 Å². The number of pyridine rings is 1. The number of carbonyl (C=O) groups excluding carboxylic acids is 1. The molecule has 0 spiro atoms. The lowest BCUT2D eigenvalue weighted by atomic mass is 10.1. The fourth-order valence-corrected chi connectivity index (χ4v) is 5.69. The number of fused-ring (bicyclic) bond motifs is 1. The van der Waals surface area contributed by atoms with Gasteiger partial charge in [-0.15, -0.1) is 0 Å². The first kappa shape index (κ1) is 26.1. The van der Waals surface area contributed by atoms with Gasteiger partial charge in [0.1, 0.15) is 11.2 Å². The van der Waals surface area contributed by atoms with Gasteiger partial charge in [-0.3, -0.25) is 4.79 Å². The lowest BCUT2D eigenvalue weighted by Gasteiger charge is -2.38. The summed E-state index contributed by atoms with van der Waals surface area (Å²) in [4.78, 5) is 26.4. The predicted molar refractivity (Wildman–Crippen MR) is 136 cm³/mol. The summed E-state index contributed by atoms with van der Waals surface area (Å²) in [5.41, 5.74) is 1.16. The molecular weight excluding hydrogens is 543 g/mol. The van der Waals surface area contributed by atoms with Gasteiger partial charge in [-0.2, -0.15) is 17.5 Å². The summed E-state index contributed by atoms with van der Waals surface area (Å²) in [5, 5.41) is 6.30. The minimum atomic E-state index is -4.41. The van der Waals surface area contributed by atoms with Gasteiger partial charge in [0.15, 0.2) is 5.13 Å². The van der Waals surface area contributed by atoms with Gasteiger partial charge >= 0.3 is 6.18 Å². The van der Waals surface area contributed by atoms with E-state index in [1.54, 1.807) is 25.5 Å². The quantitative estimate of drug-likeness (QED) is 0.348. The number of halogens is 3. The highest BCUT2D eigenvalue weighted by molar-refractivity contribution is 7.88. The van der Waals surface area contributed by atoms with Crippen molar-refractivity contribution in [3.8, 4) is 0 Å². The third-order valence-electron chi connectivity index (χ3n) is 6.15. The third-order valence-corrected chi connectivity index (χ3v) is 8.48. The minimum absolute atomic E-state index is 0.0836. The van der Waals surface area contributed by atoms with Crippen LogP contribution in [0.15, 0.2) is 49.1 Å². The maximum Gasteiger partial charge on any atom is 0.416 e. The van der Waals surface area contributed by atoms with E-state index >= 15 is 0 Å². The summed E-state index contributed by atoms with van der Waals surface area (Å²) in [6, 6.07) is 5.75. The second kappa shape index (κ2) is 9.63. The van der Waals surface area contributed by atoms with Gasteiger partial charge in [-0.05, 0) is 37.3 Å². The number of sulfonamides is 1. The summed E-state index contributed by atoms with van der Waals surface area (Å²) in [7, 11) is -3.25. The Balaban J connectivity index is 1.24. The lowest BCUT2D eigenvalue weighted by Crippen LogP contribution is -2.50. The molecule has 4 heterocycles. The topological polar surface area (TPSA) is 122 Å². The highest BCUT2D eigenvalue weighted by atomic mass is 32.2. The molecule has 1 unspecified atom stereocenters. The van der Waals surface area contributed by atoms with E-state index in [-0.39, 0.29) is 11.7 Å². The fraction of sp³-hybridized carbons (Fsp3) is 0.304. The number of imidazole rings is 1. The van der Waals surface area contributed by atoms with E-state index in [1.807, 2.05) is 4.57 Å². The maximum absolute atomic E-state index is 12.9. The highest BCUT2D eigenvalue weighted by Gasteiger charge is 2.35. The molecule has 1 atom stereocenters. The van der Waals surface area contributed by atoms with E-state index in [9.17, 15) is 26.4 Å². The van der Waals surface area contributed by atoms with Gasteiger partial charge in [0.2, 0.25) is 10.0 Å². The number of rotatable bonds is 7. The molecule has 0 bridgehead atoms. The number of hydrogen-bond donors (Lipinski definition) is 2. The minimum Gasteiger partial charge on any atom is -0.343 e. The first-order valence-corrected chi connectivity index (χ1v) is 14.0. The SMILES string of the molecule is CC(NC(=O)c1cc2c(cn1)ncn2C1CN(S(C)(=O)=O)C1)c1cnc(Nc2ccc(C(F)(F)F)cc2)s1. The molecule has 4 aromatic rings. The van der Waals surface area contributed by atoms with Crippen LogP contribution in [0.2, 0.25) is 0 Å². The maximum atomic E-state index is 12.9.